The number of hydrogen-bond acceptors (Lipinski definition) is 3. The minimum absolute atomic E-state index is 0.120. The topological polar surface area (TPSA) is 38.1 Å². The summed E-state index contributed by atoms with van der Waals surface area (Å²) in [5.74, 6) is 0.852. The summed E-state index contributed by atoms with van der Waals surface area (Å²) in [6.07, 6.45) is 3.27. The highest BCUT2D eigenvalue weighted by molar-refractivity contribution is 5.56. The van der Waals surface area contributed by atoms with Gasteiger partial charge < -0.3 is 9.73 Å². The lowest BCUT2D eigenvalue weighted by molar-refractivity contribution is 0.412. The predicted octanol–water partition coefficient (Wildman–Crippen LogP) is 3.80. The number of aryl methyl sites for hydroxylation is 1. The molecule has 2 aromatic rings. The lowest BCUT2D eigenvalue weighted by atomic mass is 10.1. The molecule has 20 heavy (non-hydrogen) atoms. The van der Waals surface area contributed by atoms with E-state index in [1.54, 1.807) is 24.4 Å². The quantitative estimate of drug-likeness (QED) is 0.844. The molecule has 1 heterocycles. The molecular formula is C16H21FN2O. The van der Waals surface area contributed by atoms with Crippen LogP contribution in [0.2, 0.25) is 0 Å². The molecule has 1 aromatic carbocycles. The van der Waals surface area contributed by atoms with E-state index in [9.17, 15) is 4.39 Å². The number of nitrogens with one attached hydrogen (secondary N) is 1. The Labute approximate surface area is 119 Å². The molecule has 0 radical (unpaired) electrons. The minimum Gasteiger partial charge on any atom is -0.441 e. The Morgan fingerprint density at radius 3 is 2.70 bits per heavy atom. The molecule has 0 bridgehead atoms. The highest BCUT2D eigenvalue weighted by Crippen LogP contribution is 2.23. The summed E-state index contributed by atoms with van der Waals surface area (Å²) in [6.45, 7) is 7.30. The third-order valence-corrected chi connectivity index (χ3v) is 2.92. The van der Waals surface area contributed by atoms with Crippen LogP contribution in [0.1, 0.15) is 33.1 Å². The number of halogens is 1. The van der Waals surface area contributed by atoms with Crippen LogP contribution in [0.3, 0.4) is 0 Å². The van der Waals surface area contributed by atoms with E-state index in [-0.39, 0.29) is 11.4 Å². The highest BCUT2D eigenvalue weighted by atomic mass is 19.1. The fourth-order valence-corrected chi connectivity index (χ4v) is 1.91. The smallest absolute Gasteiger partial charge is 0.194 e. The molecule has 0 spiro atoms. The van der Waals surface area contributed by atoms with Gasteiger partial charge in [0.25, 0.3) is 0 Å². The molecule has 0 saturated heterocycles. The number of hydrogen-bond donors (Lipinski definition) is 1. The molecule has 0 aliphatic rings. The van der Waals surface area contributed by atoms with Crippen LogP contribution in [-0.2, 0) is 6.42 Å². The van der Waals surface area contributed by atoms with E-state index in [4.69, 9.17) is 4.42 Å². The normalized spacial score (nSPS) is 11.8. The van der Waals surface area contributed by atoms with Crippen LogP contribution in [0, 0.1) is 5.82 Å². The Morgan fingerprint density at radius 1 is 1.25 bits per heavy atom. The molecule has 0 saturated carbocycles. The summed E-state index contributed by atoms with van der Waals surface area (Å²) >= 11 is 0. The monoisotopic (exact) mass is 276 g/mol. The van der Waals surface area contributed by atoms with Crippen molar-refractivity contribution in [3.63, 3.8) is 0 Å². The van der Waals surface area contributed by atoms with Gasteiger partial charge in [0.15, 0.2) is 11.7 Å². The molecule has 2 rings (SSSR count). The molecule has 0 amide bonds. The zero-order valence-corrected chi connectivity index (χ0v) is 12.2. The Kier molecular flexibility index (Phi) is 4.55. The summed E-state index contributed by atoms with van der Waals surface area (Å²) in [5.41, 5.74) is 0.577. The lowest BCUT2D eigenvalue weighted by Gasteiger charge is -2.19. The zero-order valence-electron chi connectivity index (χ0n) is 12.2. The van der Waals surface area contributed by atoms with Crippen molar-refractivity contribution in [3.8, 4) is 11.3 Å². The number of rotatable bonds is 5. The van der Waals surface area contributed by atoms with Gasteiger partial charge in [0.05, 0.1) is 11.8 Å². The first-order valence-electron chi connectivity index (χ1n) is 6.90. The van der Waals surface area contributed by atoms with E-state index < -0.39 is 0 Å². The summed E-state index contributed by atoms with van der Waals surface area (Å²) < 4.78 is 19.2. The van der Waals surface area contributed by atoms with Crippen molar-refractivity contribution >= 4 is 0 Å². The van der Waals surface area contributed by atoms with Gasteiger partial charge in [-0.05, 0) is 45.9 Å². The van der Waals surface area contributed by atoms with Gasteiger partial charge in [-0.2, -0.15) is 0 Å². The summed E-state index contributed by atoms with van der Waals surface area (Å²) in [6, 6.07) is 6.56. The van der Waals surface area contributed by atoms with Crippen molar-refractivity contribution in [2.75, 3.05) is 6.54 Å². The van der Waals surface area contributed by atoms with Crippen LogP contribution in [0.25, 0.3) is 11.3 Å². The second-order valence-electron chi connectivity index (χ2n) is 5.88. The van der Waals surface area contributed by atoms with Gasteiger partial charge in [-0.1, -0.05) is 12.1 Å². The largest absolute Gasteiger partial charge is 0.441 e. The molecular weight excluding hydrogens is 255 g/mol. The lowest BCUT2D eigenvalue weighted by Crippen LogP contribution is -2.36. The average Bonchev–Trinajstić information content (AvgIpc) is 2.83. The van der Waals surface area contributed by atoms with E-state index in [2.05, 4.69) is 31.1 Å². The van der Waals surface area contributed by atoms with Gasteiger partial charge in [0.1, 0.15) is 5.82 Å². The van der Waals surface area contributed by atoms with Gasteiger partial charge in [0.2, 0.25) is 0 Å². The molecule has 4 heteroatoms. The van der Waals surface area contributed by atoms with Gasteiger partial charge >= 0.3 is 0 Å². The highest BCUT2D eigenvalue weighted by Gasteiger charge is 2.11. The molecule has 0 aliphatic carbocycles. The van der Waals surface area contributed by atoms with Gasteiger partial charge in [0, 0.05) is 12.0 Å². The Hall–Kier alpha value is -1.68. The average molecular weight is 276 g/mol. The first-order valence-corrected chi connectivity index (χ1v) is 6.90. The molecule has 1 aromatic heterocycles. The molecule has 0 aliphatic heterocycles. The first kappa shape index (κ1) is 14.7. The van der Waals surface area contributed by atoms with E-state index >= 15 is 0 Å². The van der Waals surface area contributed by atoms with Crippen molar-refractivity contribution < 1.29 is 8.81 Å². The fraction of sp³-hybridized carbons (Fsp3) is 0.438. The molecule has 0 atom stereocenters. The van der Waals surface area contributed by atoms with Crippen molar-refractivity contribution in [1.29, 1.82) is 0 Å². The summed E-state index contributed by atoms with van der Waals surface area (Å²) in [5, 5.41) is 3.41. The van der Waals surface area contributed by atoms with Crippen LogP contribution >= 0.6 is 0 Å². The number of benzene rings is 1. The predicted molar refractivity (Wildman–Crippen MR) is 78.0 cm³/mol. The fourth-order valence-electron chi connectivity index (χ4n) is 1.91. The third kappa shape index (κ3) is 4.17. The number of aromatic nitrogens is 1. The van der Waals surface area contributed by atoms with Crippen molar-refractivity contribution in [2.24, 2.45) is 0 Å². The summed E-state index contributed by atoms with van der Waals surface area (Å²) in [4.78, 5) is 4.21. The molecule has 0 fully saturated rings. The molecule has 0 unspecified atom stereocenters. The van der Waals surface area contributed by atoms with E-state index in [1.165, 1.54) is 6.07 Å². The Bertz CT molecular complexity index is 558. The summed E-state index contributed by atoms with van der Waals surface area (Å²) in [7, 11) is 0. The van der Waals surface area contributed by atoms with Crippen LogP contribution in [-0.4, -0.2) is 17.1 Å². The maximum Gasteiger partial charge on any atom is 0.194 e. The van der Waals surface area contributed by atoms with Crippen LogP contribution in [0.15, 0.2) is 34.9 Å². The maximum atomic E-state index is 13.6. The van der Waals surface area contributed by atoms with Crippen molar-refractivity contribution in [3.05, 3.63) is 42.2 Å². The Balaban J connectivity index is 1.92. The van der Waals surface area contributed by atoms with Gasteiger partial charge in [-0.15, -0.1) is 0 Å². The number of nitrogens with zero attached hydrogens (tertiary/aromatic N) is 1. The molecule has 1 N–H and O–H groups in total. The van der Waals surface area contributed by atoms with E-state index in [0.717, 1.165) is 19.4 Å². The van der Waals surface area contributed by atoms with E-state index in [0.29, 0.717) is 17.2 Å². The third-order valence-electron chi connectivity index (χ3n) is 2.92. The SMILES string of the molecule is CC(C)(C)NCCCc1ncc(-c2ccccc2F)o1. The second kappa shape index (κ2) is 6.18. The van der Waals surface area contributed by atoms with Crippen molar-refractivity contribution in [2.45, 2.75) is 39.2 Å². The number of oxazole rings is 1. The maximum absolute atomic E-state index is 13.6. The van der Waals surface area contributed by atoms with Crippen LogP contribution in [0.4, 0.5) is 4.39 Å². The van der Waals surface area contributed by atoms with Crippen molar-refractivity contribution in [1.82, 2.24) is 10.3 Å². The Morgan fingerprint density at radius 2 is 2.00 bits per heavy atom. The molecule has 108 valence electrons. The minimum atomic E-state index is -0.287. The van der Waals surface area contributed by atoms with Gasteiger partial charge in [-0.3, -0.25) is 0 Å². The van der Waals surface area contributed by atoms with Gasteiger partial charge in [-0.25, -0.2) is 9.37 Å². The van der Waals surface area contributed by atoms with Crippen LogP contribution < -0.4 is 5.32 Å². The van der Waals surface area contributed by atoms with Crippen LogP contribution in [0.5, 0.6) is 0 Å². The second-order valence-corrected chi connectivity index (χ2v) is 5.88. The van der Waals surface area contributed by atoms with E-state index in [1.807, 2.05) is 0 Å². The zero-order chi connectivity index (χ0) is 14.6. The molecule has 3 nitrogen and oxygen atoms in total. The standard InChI is InChI=1S/C16H21FN2O/c1-16(2,3)19-10-6-9-15-18-11-14(20-15)12-7-4-5-8-13(12)17/h4-5,7-8,11,19H,6,9-10H2,1-3H3. The first-order chi connectivity index (χ1) is 9.46.